The number of hydrogen-bond donors (Lipinski definition) is 1. The number of aryl methyl sites for hydroxylation is 1. The molecule has 1 N–H and O–H groups in total. The minimum Gasteiger partial charge on any atom is -1.00 e. The van der Waals surface area contributed by atoms with Crippen molar-refractivity contribution in [1.29, 1.82) is 0 Å². The maximum atomic E-state index is 3.32. The average molecular weight is 364 g/mol. The molecule has 0 saturated carbocycles. The molecule has 0 aliphatic heterocycles. The molecule has 98 valence electrons. The number of H-pyrrole nitrogens is 1. The second kappa shape index (κ2) is 6.19. The Bertz CT molecular complexity index is 656. The minimum atomic E-state index is 0. The Morgan fingerprint density at radius 2 is 1.79 bits per heavy atom. The highest BCUT2D eigenvalue weighted by Gasteiger charge is 2.07. The lowest BCUT2D eigenvalue weighted by atomic mass is 10.1. The summed E-state index contributed by atoms with van der Waals surface area (Å²) in [5, 5.41) is 1.28. The van der Waals surface area contributed by atoms with Gasteiger partial charge >= 0.3 is 0 Å². The van der Waals surface area contributed by atoms with Gasteiger partial charge in [0.2, 0.25) is 0 Å². The van der Waals surface area contributed by atoms with Gasteiger partial charge in [0.05, 0.1) is 0 Å². The number of aromatic amines is 1. The normalized spacial score (nSPS) is 10.4. The van der Waals surface area contributed by atoms with Crippen LogP contribution in [0.1, 0.15) is 13.3 Å². The molecule has 0 aliphatic rings. The fraction of sp³-hybridized carbons (Fsp3) is 0.188. The molecular weight excluding hydrogens is 347 g/mol. The molecule has 2 aromatic heterocycles. The predicted molar refractivity (Wildman–Crippen MR) is 74.2 cm³/mol. The van der Waals surface area contributed by atoms with E-state index in [1.54, 1.807) is 0 Å². The van der Waals surface area contributed by atoms with Gasteiger partial charge in [-0.1, -0.05) is 25.1 Å². The average Bonchev–Trinajstić information content (AvgIpc) is 2.84. The largest absolute Gasteiger partial charge is 1.00 e. The lowest BCUT2D eigenvalue weighted by Gasteiger charge is -1.99. The number of para-hydroxylation sites is 1. The Kier molecular flexibility index (Phi) is 4.58. The van der Waals surface area contributed by atoms with Gasteiger partial charge in [-0.05, 0) is 11.6 Å². The van der Waals surface area contributed by atoms with Crippen LogP contribution in [0.15, 0.2) is 55.0 Å². The molecule has 0 amide bonds. The van der Waals surface area contributed by atoms with Crippen LogP contribution in [0.25, 0.3) is 22.0 Å². The van der Waals surface area contributed by atoms with Gasteiger partial charge in [-0.15, -0.1) is 0 Å². The summed E-state index contributed by atoms with van der Waals surface area (Å²) in [5.41, 5.74) is 3.73. The lowest BCUT2D eigenvalue weighted by Crippen LogP contribution is -3.00. The molecule has 0 atom stereocenters. The van der Waals surface area contributed by atoms with Gasteiger partial charge in [0.25, 0.3) is 0 Å². The molecular formula is C16H17IN2. The summed E-state index contributed by atoms with van der Waals surface area (Å²) < 4.78 is 2.22. The van der Waals surface area contributed by atoms with E-state index >= 15 is 0 Å². The van der Waals surface area contributed by atoms with Crippen molar-refractivity contribution in [2.45, 2.75) is 19.9 Å². The van der Waals surface area contributed by atoms with Crippen LogP contribution < -0.4 is 28.5 Å². The second-order valence-electron chi connectivity index (χ2n) is 4.57. The monoisotopic (exact) mass is 364 g/mol. The van der Waals surface area contributed by atoms with Gasteiger partial charge in [-0.2, -0.15) is 0 Å². The second-order valence-corrected chi connectivity index (χ2v) is 4.57. The van der Waals surface area contributed by atoms with Crippen LogP contribution in [-0.2, 0) is 6.54 Å². The number of fused-ring (bicyclic) bond motifs is 1. The first-order chi connectivity index (χ1) is 8.88. The molecule has 2 heterocycles. The van der Waals surface area contributed by atoms with Gasteiger partial charge in [0.15, 0.2) is 12.4 Å². The molecule has 0 radical (unpaired) electrons. The van der Waals surface area contributed by atoms with E-state index in [1.165, 1.54) is 22.0 Å². The summed E-state index contributed by atoms with van der Waals surface area (Å²) >= 11 is 0. The van der Waals surface area contributed by atoms with Crippen molar-refractivity contribution < 1.29 is 28.5 Å². The highest BCUT2D eigenvalue weighted by atomic mass is 127. The smallest absolute Gasteiger partial charge is 0.169 e. The Morgan fingerprint density at radius 3 is 2.53 bits per heavy atom. The number of hydrogen-bond acceptors (Lipinski definition) is 0. The zero-order chi connectivity index (χ0) is 12.4. The highest BCUT2D eigenvalue weighted by Crippen LogP contribution is 2.27. The molecule has 2 nitrogen and oxygen atoms in total. The molecule has 1 aromatic carbocycles. The van der Waals surface area contributed by atoms with Crippen LogP contribution in [0, 0.1) is 0 Å². The number of benzene rings is 1. The van der Waals surface area contributed by atoms with E-state index in [2.05, 4.69) is 71.5 Å². The molecule has 3 aromatic rings. The van der Waals surface area contributed by atoms with E-state index in [0.717, 1.165) is 13.0 Å². The SMILES string of the molecule is CCC[n+]1ccc(-c2c[nH]c3ccccc23)cc1.[I-]. The number of rotatable bonds is 3. The molecule has 0 unspecified atom stereocenters. The fourth-order valence-electron chi connectivity index (χ4n) is 2.35. The number of aromatic nitrogens is 2. The van der Waals surface area contributed by atoms with Crippen LogP contribution in [-0.4, -0.2) is 4.98 Å². The Labute approximate surface area is 130 Å². The van der Waals surface area contributed by atoms with E-state index in [4.69, 9.17) is 0 Å². The molecule has 19 heavy (non-hydrogen) atoms. The molecule has 0 fully saturated rings. The Balaban J connectivity index is 0.00000133. The third kappa shape index (κ3) is 2.81. The number of pyridine rings is 1. The highest BCUT2D eigenvalue weighted by molar-refractivity contribution is 5.95. The molecule has 0 bridgehead atoms. The van der Waals surface area contributed by atoms with E-state index in [0.29, 0.717) is 0 Å². The minimum absolute atomic E-state index is 0. The van der Waals surface area contributed by atoms with E-state index in [9.17, 15) is 0 Å². The molecule has 3 heteroatoms. The predicted octanol–water partition coefficient (Wildman–Crippen LogP) is 0.536. The maximum Gasteiger partial charge on any atom is 0.169 e. The van der Waals surface area contributed by atoms with Crippen molar-refractivity contribution in [3.8, 4) is 11.1 Å². The van der Waals surface area contributed by atoms with Crippen LogP contribution in [0.2, 0.25) is 0 Å². The van der Waals surface area contributed by atoms with E-state index in [1.807, 2.05) is 0 Å². The maximum absolute atomic E-state index is 3.32. The zero-order valence-electron chi connectivity index (χ0n) is 10.9. The third-order valence-electron chi connectivity index (χ3n) is 3.27. The Morgan fingerprint density at radius 1 is 1.05 bits per heavy atom. The van der Waals surface area contributed by atoms with Gasteiger partial charge in [0.1, 0.15) is 6.54 Å². The zero-order valence-corrected chi connectivity index (χ0v) is 13.1. The fourth-order valence-corrected chi connectivity index (χ4v) is 2.35. The number of nitrogens with one attached hydrogen (secondary N) is 1. The molecule has 0 spiro atoms. The van der Waals surface area contributed by atoms with Crippen molar-refractivity contribution in [2.75, 3.05) is 0 Å². The summed E-state index contributed by atoms with van der Waals surface area (Å²) in [6.45, 7) is 3.27. The lowest BCUT2D eigenvalue weighted by molar-refractivity contribution is -0.696. The summed E-state index contributed by atoms with van der Waals surface area (Å²) in [6, 6.07) is 12.8. The third-order valence-corrected chi connectivity index (χ3v) is 3.27. The first kappa shape index (κ1) is 14.1. The summed E-state index contributed by atoms with van der Waals surface area (Å²) in [5.74, 6) is 0. The standard InChI is InChI=1S/C16H16N2.HI/c1-2-9-18-10-7-13(8-11-18)15-12-17-16-6-4-3-5-14(15)16;/h3-8,10-12H,2,9H2,1H3;1H. The summed E-state index contributed by atoms with van der Waals surface area (Å²) in [7, 11) is 0. The summed E-state index contributed by atoms with van der Waals surface area (Å²) in [4.78, 5) is 3.32. The van der Waals surface area contributed by atoms with Gasteiger partial charge < -0.3 is 29.0 Å². The first-order valence-electron chi connectivity index (χ1n) is 6.44. The van der Waals surface area contributed by atoms with Crippen molar-refractivity contribution in [1.82, 2.24) is 4.98 Å². The van der Waals surface area contributed by atoms with E-state index in [-0.39, 0.29) is 24.0 Å². The molecule has 3 rings (SSSR count). The van der Waals surface area contributed by atoms with Crippen LogP contribution in [0.5, 0.6) is 0 Å². The van der Waals surface area contributed by atoms with Gasteiger partial charge in [-0.3, -0.25) is 0 Å². The Hall–Kier alpha value is -1.36. The van der Waals surface area contributed by atoms with Crippen molar-refractivity contribution in [2.24, 2.45) is 0 Å². The van der Waals surface area contributed by atoms with Gasteiger partial charge in [0, 0.05) is 41.2 Å². The van der Waals surface area contributed by atoms with Crippen molar-refractivity contribution >= 4 is 10.9 Å². The number of halogens is 1. The van der Waals surface area contributed by atoms with E-state index < -0.39 is 0 Å². The van der Waals surface area contributed by atoms with Gasteiger partial charge in [-0.25, -0.2) is 4.57 Å². The van der Waals surface area contributed by atoms with Crippen LogP contribution in [0.3, 0.4) is 0 Å². The first-order valence-corrected chi connectivity index (χ1v) is 6.44. The summed E-state index contributed by atoms with van der Waals surface area (Å²) in [6.07, 6.45) is 7.56. The van der Waals surface area contributed by atoms with Crippen LogP contribution in [0.4, 0.5) is 0 Å². The molecule has 0 saturated heterocycles. The molecule has 0 aliphatic carbocycles. The van der Waals surface area contributed by atoms with Crippen molar-refractivity contribution in [3.05, 3.63) is 55.0 Å². The van der Waals surface area contributed by atoms with Crippen LogP contribution >= 0.6 is 0 Å². The number of nitrogens with zero attached hydrogens (tertiary/aromatic N) is 1. The quantitative estimate of drug-likeness (QED) is 0.517. The topological polar surface area (TPSA) is 19.7 Å². The van der Waals surface area contributed by atoms with Crippen molar-refractivity contribution in [3.63, 3.8) is 0 Å².